The standard InChI is InChI=1S/C22H22N4O4/c1-29-18-9-5-6-16(12-18)14-24-22(28)20-13-19(25-15-26-20)21(27)23-10-11-30-17-7-3-2-4-8-17/h2-9,12-13,15H,10-11,14H2,1H3,(H,23,27)(H,24,28). The molecule has 0 aliphatic carbocycles. The van der Waals surface area contributed by atoms with E-state index < -0.39 is 11.8 Å². The highest BCUT2D eigenvalue weighted by Gasteiger charge is 2.13. The minimum absolute atomic E-state index is 0.108. The Labute approximate surface area is 174 Å². The van der Waals surface area contributed by atoms with Crippen molar-refractivity contribution in [2.45, 2.75) is 6.54 Å². The fourth-order valence-electron chi connectivity index (χ4n) is 2.60. The summed E-state index contributed by atoms with van der Waals surface area (Å²) < 4.78 is 10.7. The lowest BCUT2D eigenvalue weighted by Crippen LogP contribution is -2.30. The summed E-state index contributed by atoms with van der Waals surface area (Å²) >= 11 is 0. The van der Waals surface area contributed by atoms with Gasteiger partial charge in [-0.15, -0.1) is 0 Å². The van der Waals surface area contributed by atoms with Gasteiger partial charge in [0.05, 0.1) is 13.7 Å². The van der Waals surface area contributed by atoms with E-state index in [9.17, 15) is 9.59 Å². The number of ether oxygens (including phenoxy) is 2. The molecule has 8 heteroatoms. The molecule has 0 atom stereocenters. The van der Waals surface area contributed by atoms with Gasteiger partial charge in [-0.3, -0.25) is 9.59 Å². The summed E-state index contributed by atoms with van der Waals surface area (Å²) in [7, 11) is 1.58. The number of methoxy groups -OCH3 is 1. The summed E-state index contributed by atoms with van der Waals surface area (Å²) in [5.74, 6) is 0.625. The normalized spacial score (nSPS) is 10.2. The third-order valence-electron chi connectivity index (χ3n) is 4.12. The van der Waals surface area contributed by atoms with Crippen molar-refractivity contribution in [1.29, 1.82) is 0 Å². The number of rotatable bonds is 9. The molecular weight excluding hydrogens is 384 g/mol. The van der Waals surface area contributed by atoms with Crippen molar-refractivity contribution < 1.29 is 19.1 Å². The first-order valence-electron chi connectivity index (χ1n) is 9.35. The molecule has 154 valence electrons. The summed E-state index contributed by atoms with van der Waals surface area (Å²) in [6, 6.07) is 18.0. The number of nitrogens with one attached hydrogen (secondary N) is 2. The first kappa shape index (κ1) is 20.8. The third kappa shape index (κ3) is 6.03. The number of hydrogen-bond donors (Lipinski definition) is 2. The van der Waals surface area contributed by atoms with E-state index >= 15 is 0 Å². The van der Waals surface area contributed by atoms with Gasteiger partial charge in [-0.1, -0.05) is 30.3 Å². The first-order chi connectivity index (χ1) is 14.7. The van der Waals surface area contributed by atoms with Gasteiger partial charge in [-0.2, -0.15) is 0 Å². The molecule has 0 bridgehead atoms. The SMILES string of the molecule is COc1cccc(CNC(=O)c2cc(C(=O)NCCOc3ccccc3)ncn2)c1. The molecule has 2 amide bonds. The number of benzene rings is 2. The van der Waals surface area contributed by atoms with E-state index in [2.05, 4.69) is 20.6 Å². The van der Waals surface area contributed by atoms with Crippen LogP contribution >= 0.6 is 0 Å². The van der Waals surface area contributed by atoms with Gasteiger partial charge < -0.3 is 20.1 Å². The van der Waals surface area contributed by atoms with Crippen molar-refractivity contribution in [3.05, 3.63) is 83.9 Å². The number of para-hydroxylation sites is 1. The van der Waals surface area contributed by atoms with E-state index in [0.717, 1.165) is 11.3 Å². The molecule has 0 saturated heterocycles. The average molecular weight is 406 g/mol. The summed E-state index contributed by atoms with van der Waals surface area (Å²) in [5.41, 5.74) is 1.10. The zero-order chi connectivity index (χ0) is 21.2. The van der Waals surface area contributed by atoms with E-state index in [-0.39, 0.29) is 11.4 Å². The maximum absolute atomic E-state index is 12.4. The Balaban J connectivity index is 1.50. The van der Waals surface area contributed by atoms with Gasteiger partial charge in [-0.05, 0) is 29.8 Å². The van der Waals surface area contributed by atoms with Crippen molar-refractivity contribution >= 4 is 11.8 Å². The maximum Gasteiger partial charge on any atom is 0.270 e. The monoisotopic (exact) mass is 406 g/mol. The van der Waals surface area contributed by atoms with Crippen molar-refractivity contribution in [1.82, 2.24) is 20.6 Å². The van der Waals surface area contributed by atoms with E-state index in [4.69, 9.17) is 9.47 Å². The number of nitrogens with zero attached hydrogens (tertiary/aromatic N) is 2. The fraction of sp³-hybridized carbons (Fsp3) is 0.182. The molecule has 8 nitrogen and oxygen atoms in total. The molecule has 0 fully saturated rings. The highest BCUT2D eigenvalue weighted by atomic mass is 16.5. The van der Waals surface area contributed by atoms with Gasteiger partial charge in [-0.25, -0.2) is 9.97 Å². The summed E-state index contributed by atoms with van der Waals surface area (Å²) in [6.45, 7) is 0.919. The first-order valence-corrected chi connectivity index (χ1v) is 9.35. The zero-order valence-corrected chi connectivity index (χ0v) is 16.5. The van der Waals surface area contributed by atoms with Crippen LogP contribution < -0.4 is 20.1 Å². The van der Waals surface area contributed by atoms with Gasteiger partial charge in [0.15, 0.2) is 0 Å². The molecular formula is C22H22N4O4. The quantitative estimate of drug-likeness (QED) is 0.529. The Hall–Kier alpha value is -3.94. The van der Waals surface area contributed by atoms with Crippen LogP contribution in [0.3, 0.4) is 0 Å². The van der Waals surface area contributed by atoms with Gasteiger partial charge in [0.2, 0.25) is 0 Å². The van der Waals surface area contributed by atoms with E-state index in [1.165, 1.54) is 12.4 Å². The molecule has 0 aliphatic rings. The van der Waals surface area contributed by atoms with Gasteiger partial charge in [0, 0.05) is 12.6 Å². The lowest BCUT2D eigenvalue weighted by molar-refractivity contribution is 0.0941. The molecule has 30 heavy (non-hydrogen) atoms. The largest absolute Gasteiger partial charge is 0.497 e. The molecule has 1 heterocycles. The Kier molecular flexibility index (Phi) is 7.32. The van der Waals surface area contributed by atoms with Gasteiger partial charge in [0.1, 0.15) is 35.8 Å². The molecule has 0 saturated carbocycles. The van der Waals surface area contributed by atoms with Crippen LogP contribution in [0, 0.1) is 0 Å². The third-order valence-corrected chi connectivity index (χ3v) is 4.12. The van der Waals surface area contributed by atoms with Crippen LogP contribution in [-0.4, -0.2) is 42.0 Å². The topological polar surface area (TPSA) is 102 Å². The summed E-state index contributed by atoms with van der Waals surface area (Å²) in [5, 5.41) is 5.47. The van der Waals surface area contributed by atoms with Crippen molar-refractivity contribution in [3.8, 4) is 11.5 Å². The lowest BCUT2D eigenvalue weighted by Gasteiger charge is -2.08. The molecule has 0 radical (unpaired) electrons. The van der Waals surface area contributed by atoms with E-state index in [1.54, 1.807) is 7.11 Å². The fourth-order valence-corrected chi connectivity index (χ4v) is 2.60. The van der Waals surface area contributed by atoms with Crippen LogP contribution in [0.5, 0.6) is 11.5 Å². The second-order valence-corrected chi connectivity index (χ2v) is 6.24. The molecule has 3 aromatic rings. The molecule has 2 aromatic carbocycles. The van der Waals surface area contributed by atoms with E-state index in [0.29, 0.717) is 25.4 Å². The number of carbonyl (C=O) groups excluding carboxylic acids is 2. The van der Waals surface area contributed by atoms with Crippen molar-refractivity contribution in [2.24, 2.45) is 0 Å². The number of carbonyl (C=O) groups is 2. The molecule has 0 unspecified atom stereocenters. The van der Waals surface area contributed by atoms with Gasteiger partial charge in [0.25, 0.3) is 11.8 Å². The Morgan fingerprint density at radius 3 is 2.30 bits per heavy atom. The molecule has 3 rings (SSSR count). The van der Waals surface area contributed by atoms with E-state index in [1.807, 2.05) is 54.6 Å². The Morgan fingerprint density at radius 1 is 0.867 bits per heavy atom. The molecule has 2 N–H and O–H groups in total. The highest BCUT2D eigenvalue weighted by molar-refractivity contribution is 5.97. The minimum Gasteiger partial charge on any atom is -0.497 e. The molecule has 0 spiro atoms. The second kappa shape index (κ2) is 10.6. The van der Waals surface area contributed by atoms with Crippen LogP contribution in [0.2, 0.25) is 0 Å². The highest BCUT2D eigenvalue weighted by Crippen LogP contribution is 2.12. The zero-order valence-electron chi connectivity index (χ0n) is 16.5. The summed E-state index contributed by atoms with van der Waals surface area (Å²) in [4.78, 5) is 32.5. The Bertz CT molecular complexity index is 995. The average Bonchev–Trinajstić information content (AvgIpc) is 2.81. The predicted octanol–water partition coefficient (Wildman–Crippen LogP) is 2.22. The lowest BCUT2D eigenvalue weighted by atomic mass is 10.2. The van der Waals surface area contributed by atoms with Crippen LogP contribution in [0.1, 0.15) is 26.5 Å². The van der Waals surface area contributed by atoms with Crippen molar-refractivity contribution in [2.75, 3.05) is 20.3 Å². The molecule has 1 aromatic heterocycles. The number of hydrogen-bond acceptors (Lipinski definition) is 6. The predicted molar refractivity (Wildman–Crippen MR) is 110 cm³/mol. The summed E-state index contributed by atoms with van der Waals surface area (Å²) in [6.07, 6.45) is 1.19. The van der Waals surface area contributed by atoms with Crippen LogP contribution in [0.4, 0.5) is 0 Å². The number of aromatic nitrogens is 2. The second-order valence-electron chi connectivity index (χ2n) is 6.24. The molecule has 0 aliphatic heterocycles. The minimum atomic E-state index is -0.407. The van der Waals surface area contributed by atoms with Crippen LogP contribution in [0.15, 0.2) is 67.0 Å². The van der Waals surface area contributed by atoms with Gasteiger partial charge >= 0.3 is 0 Å². The maximum atomic E-state index is 12.4. The van der Waals surface area contributed by atoms with Crippen molar-refractivity contribution in [3.63, 3.8) is 0 Å². The smallest absolute Gasteiger partial charge is 0.270 e. The van der Waals surface area contributed by atoms with Crippen LogP contribution in [-0.2, 0) is 6.54 Å². The Morgan fingerprint density at radius 2 is 1.57 bits per heavy atom. The van der Waals surface area contributed by atoms with Crippen LogP contribution in [0.25, 0.3) is 0 Å². The number of amides is 2.